The van der Waals surface area contributed by atoms with Crippen molar-refractivity contribution in [3.8, 4) is 0 Å². The van der Waals surface area contributed by atoms with Gasteiger partial charge in [-0.15, -0.1) is 0 Å². The van der Waals surface area contributed by atoms with Crippen LogP contribution in [0.15, 0.2) is 12.2 Å². The minimum atomic E-state index is -4.74. The highest BCUT2D eigenvalue weighted by Gasteiger charge is 2.22. The van der Waals surface area contributed by atoms with E-state index in [-0.39, 0.29) is 19.4 Å². The van der Waals surface area contributed by atoms with Crippen LogP contribution in [0.1, 0.15) is 206 Å². The number of phosphoric ester groups is 1. The molecule has 0 aliphatic carbocycles. The Morgan fingerprint density at radius 3 is 1.27 bits per heavy atom. The molecule has 284 valence electrons. The Morgan fingerprint density at radius 1 is 0.521 bits per heavy atom. The topological polar surface area (TPSA) is 119 Å². The van der Waals surface area contributed by atoms with Crippen molar-refractivity contribution in [1.29, 1.82) is 0 Å². The molecule has 0 fully saturated rings. The third-order valence-corrected chi connectivity index (χ3v) is 9.27. The molecule has 0 amide bonds. The van der Waals surface area contributed by atoms with E-state index in [9.17, 15) is 14.2 Å². The summed E-state index contributed by atoms with van der Waals surface area (Å²) in [5, 5.41) is 0. The number of rotatable bonds is 37. The van der Waals surface area contributed by atoms with E-state index < -0.39 is 32.5 Å². The molecule has 0 bridgehead atoms. The van der Waals surface area contributed by atoms with Crippen molar-refractivity contribution in [2.75, 3.05) is 13.2 Å². The zero-order valence-electron chi connectivity index (χ0n) is 31.2. The Hall–Kier alpha value is -1.21. The molecule has 0 unspecified atom stereocenters. The maximum absolute atomic E-state index is 12.4. The number of ether oxygens (including phenoxy) is 2. The van der Waals surface area contributed by atoms with Gasteiger partial charge in [-0.1, -0.05) is 167 Å². The summed E-state index contributed by atoms with van der Waals surface area (Å²) in [6.45, 7) is 3.66. The summed E-state index contributed by atoms with van der Waals surface area (Å²) in [6.07, 6.45) is 38.0. The Balaban J connectivity index is 3.83. The van der Waals surface area contributed by atoms with E-state index in [2.05, 4.69) is 30.5 Å². The van der Waals surface area contributed by atoms with Gasteiger partial charge in [-0.25, -0.2) is 4.57 Å². The van der Waals surface area contributed by atoms with Gasteiger partial charge >= 0.3 is 19.8 Å². The number of hydrogen-bond acceptors (Lipinski definition) is 6. The molecule has 0 radical (unpaired) electrons. The van der Waals surface area contributed by atoms with Crippen LogP contribution in [0.4, 0.5) is 0 Å². The number of phosphoric acid groups is 1. The van der Waals surface area contributed by atoms with E-state index in [1.165, 1.54) is 135 Å². The molecule has 1 atom stereocenters. The molecule has 8 nitrogen and oxygen atoms in total. The molecule has 48 heavy (non-hydrogen) atoms. The molecule has 0 aliphatic heterocycles. The zero-order valence-corrected chi connectivity index (χ0v) is 32.0. The summed E-state index contributed by atoms with van der Waals surface area (Å²) < 4.78 is 26.3. The summed E-state index contributed by atoms with van der Waals surface area (Å²) in [5.74, 6) is -0.880. The van der Waals surface area contributed by atoms with Gasteiger partial charge in [0.1, 0.15) is 6.61 Å². The number of hydrogen-bond donors (Lipinski definition) is 2. The van der Waals surface area contributed by atoms with Gasteiger partial charge in [0, 0.05) is 12.8 Å². The number of allylic oxidation sites excluding steroid dienone is 2. The Kier molecular flexibility index (Phi) is 34.7. The highest BCUT2D eigenvalue weighted by Crippen LogP contribution is 2.36. The molecule has 0 aromatic heterocycles. The fourth-order valence-electron chi connectivity index (χ4n) is 5.78. The molecule has 2 N–H and O–H groups in total. The van der Waals surface area contributed by atoms with Crippen LogP contribution in [0.5, 0.6) is 0 Å². The van der Waals surface area contributed by atoms with Gasteiger partial charge in [0.25, 0.3) is 0 Å². The predicted octanol–water partition coefficient (Wildman–Crippen LogP) is 11.8. The Bertz CT molecular complexity index is 797. The van der Waals surface area contributed by atoms with E-state index in [1.54, 1.807) is 0 Å². The maximum atomic E-state index is 12.4. The van der Waals surface area contributed by atoms with Crippen LogP contribution >= 0.6 is 7.82 Å². The lowest BCUT2D eigenvalue weighted by Crippen LogP contribution is -2.29. The first kappa shape index (κ1) is 46.8. The minimum Gasteiger partial charge on any atom is -0.462 e. The monoisotopic (exact) mass is 703 g/mol. The van der Waals surface area contributed by atoms with Gasteiger partial charge < -0.3 is 19.3 Å². The maximum Gasteiger partial charge on any atom is 0.469 e. The van der Waals surface area contributed by atoms with Crippen LogP contribution in [-0.4, -0.2) is 41.0 Å². The first-order chi connectivity index (χ1) is 23.3. The van der Waals surface area contributed by atoms with Crippen LogP contribution in [0.2, 0.25) is 0 Å². The molecule has 0 aromatic carbocycles. The van der Waals surface area contributed by atoms with Gasteiger partial charge in [-0.05, 0) is 38.5 Å². The fourth-order valence-corrected chi connectivity index (χ4v) is 6.14. The fraction of sp³-hybridized carbons (Fsp3) is 0.897. The molecule has 0 heterocycles. The first-order valence-electron chi connectivity index (χ1n) is 20.0. The number of unbranched alkanes of at least 4 members (excludes halogenated alkanes) is 25. The standard InChI is InChI=1S/C39H75O8P/c1-3-5-7-9-11-13-14-15-16-17-18-19-20-21-22-23-24-26-28-30-32-34-39(41)47-37(36-46-48(42,43)44)35-45-38(40)33-31-29-27-25-12-10-8-6-4-2/h15-16,37H,3-14,17-36H2,1-2H3,(H2,42,43,44)/b16-15+/t37-/m1/s1. The highest BCUT2D eigenvalue weighted by molar-refractivity contribution is 7.46. The average molecular weight is 703 g/mol. The minimum absolute atomic E-state index is 0.215. The molecule has 0 rings (SSSR count). The van der Waals surface area contributed by atoms with E-state index in [4.69, 9.17) is 19.3 Å². The summed E-state index contributed by atoms with van der Waals surface area (Å²) >= 11 is 0. The second kappa shape index (κ2) is 35.6. The van der Waals surface area contributed by atoms with Crippen molar-refractivity contribution in [3.63, 3.8) is 0 Å². The van der Waals surface area contributed by atoms with Crippen molar-refractivity contribution < 1.29 is 37.9 Å². The number of carbonyl (C=O) groups is 2. The lowest BCUT2D eigenvalue weighted by molar-refractivity contribution is -0.161. The first-order valence-corrected chi connectivity index (χ1v) is 21.5. The number of esters is 2. The second-order valence-electron chi connectivity index (χ2n) is 13.6. The summed E-state index contributed by atoms with van der Waals surface area (Å²) in [6, 6.07) is 0. The quantitative estimate of drug-likeness (QED) is 0.0284. The molecule has 0 saturated heterocycles. The Labute approximate surface area is 295 Å². The largest absolute Gasteiger partial charge is 0.469 e. The van der Waals surface area contributed by atoms with Crippen LogP contribution in [0, 0.1) is 0 Å². The van der Waals surface area contributed by atoms with Gasteiger partial charge in [-0.2, -0.15) is 0 Å². The average Bonchev–Trinajstić information content (AvgIpc) is 3.05. The molecule has 9 heteroatoms. The third-order valence-electron chi connectivity index (χ3n) is 8.78. The van der Waals surface area contributed by atoms with Gasteiger partial charge in [0.2, 0.25) is 0 Å². The smallest absolute Gasteiger partial charge is 0.462 e. The zero-order chi connectivity index (χ0) is 35.4. The highest BCUT2D eigenvalue weighted by atomic mass is 31.2. The van der Waals surface area contributed by atoms with Crippen molar-refractivity contribution in [2.45, 2.75) is 213 Å². The van der Waals surface area contributed by atoms with E-state index in [0.29, 0.717) is 6.42 Å². The van der Waals surface area contributed by atoms with Gasteiger partial charge in [0.05, 0.1) is 6.61 Å². The lowest BCUT2D eigenvalue weighted by Gasteiger charge is -2.18. The summed E-state index contributed by atoms with van der Waals surface area (Å²) in [4.78, 5) is 42.6. The Morgan fingerprint density at radius 2 is 0.875 bits per heavy atom. The molecule has 0 aliphatic rings. The van der Waals surface area contributed by atoms with Crippen LogP contribution in [0.3, 0.4) is 0 Å². The van der Waals surface area contributed by atoms with Crippen LogP contribution < -0.4 is 0 Å². The number of carbonyl (C=O) groups excluding carboxylic acids is 2. The van der Waals surface area contributed by atoms with Gasteiger partial charge in [0.15, 0.2) is 6.10 Å². The molecule has 0 saturated carbocycles. The van der Waals surface area contributed by atoms with Crippen molar-refractivity contribution >= 4 is 19.8 Å². The second-order valence-corrected chi connectivity index (χ2v) is 14.9. The van der Waals surface area contributed by atoms with E-state index in [0.717, 1.165) is 38.5 Å². The van der Waals surface area contributed by atoms with E-state index in [1.807, 2.05) is 0 Å². The molecule has 0 spiro atoms. The molecule has 0 aromatic rings. The normalized spacial score (nSPS) is 12.5. The van der Waals surface area contributed by atoms with Crippen molar-refractivity contribution in [1.82, 2.24) is 0 Å². The molecular weight excluding hydrogens is 627 g/mol. The summed E-state index contributed by atoms with van der Waals surface area (Å²) in [7, 11) is -4.74. The third kappa shape index (κ3) is 37.6. The lowest BCUT2D eigenvalue weighted by atomic mass is 10.0. The molecular formula is C39H75O8P. The predicted molar refractivity (Wildman–Crippen MR) is 198 cm³/mol. The van der Waals surface area contributed by atoms with E-state index >= 15 is 0 Å². The van der Waals surface area contributed by atoms with Crippen LogP contribution in [-0.2, 0) is 28.2 Å². The van der Waals surface area contributed by atoms with Crippen molar-refractivity contribution in [2.24, 2.45) is 0 Å². The summed E-state index contributed by atoms with van der Waals surface area (Å²) in [5.41, 5.74) is 0. The van der Waals surface area contributed by atoms with Crippen molar-refractivity contribution in [3.05, 3.63) is 12.2 Å². The SMILES string of the molecule is CCCCCCCC/C=C/CCCCCCCCCCCCCC(=O)O[C@H](COC(=O)CCCCCCCCCCC)COP(=O)(O)O. The van der Waals surface area contributed by atoms with Gasteiger partial charge in [-0.3, -0.25) is 14.1 Å². The van der Waals surface area contributed by atoms with Crippen LogP contribution in [0.25, 0.3) is 0 Å².